The van der Waals surface area contributed by atoms with Gasteiger partial charge in [0, 0.05) is 4.86 Å². The minimum Gasteiger partial charge on any atom is -0.0945 e. The van der Waals surface area contributed by atoms with Gasteiger partial charge in [0.05, 0.1) is 0 Å². The molecule has 0 aliphatic heterocycles. The summed E-state index contributed by atoms with van der Waals surface area (Å²) in [4.78, 5) is 0.959. The minimum atomic E-state index is 0.572. The second-order valence-electron chi connectivity index (χ2n) is 2.77. The van der Waals surface area contributed by atoms with Crippen molar-refractivity contribution < 1.29 is 0 Å². The van der Waals surface area contributed by atoms with Crippen molar-refractivity contribution in [1.29, 1.82) is 0 Å². The molecule has 0 aliphatic carbocycles. The van der Waals surface area contributed by atoms with Crippen LogP contribution in [0.5, 0.6) is 0 Å². The maximum atomic E-state index is 5.01. The van der Waals surface area contributed by atoms with E-state index in [0.717, 1.165) is 10.4 Å². The first-order chi connectivity index (χ1) is 4.59. The maximum absolute atomic E-state index is 5.01. The molecule has 0 aromatic rings. The van der Waals surface area contributed by atoms with Crippen LogP contribution in [-0.4, -0.2) is 4.86 Å². The average molecular weight is 156 g/mol. The third-order valence-electron chi connectivity index (χ3n) is 1.77. The molecular weight excluding hydrogens is 140 g/mol. The van der Waals surface area contributed by atoms with Crippen LogP contribution in [0.4, 0.5) is 0 Å². The summed E-state index contributed by atoms with van der Waals surface area (Å²) in [7, 11) is 0. The van der Waals surface area contributed by atoms with E-state index < -0.39 is 0 Å². The predicted octanol–water partition coefficient (Wildman–Crippen LogP) is 3.37. The summed E-state index contributed by atoms with van der Waals surface area (Å²) in [5, 5.41) is 0. The van der Waals surface area contributed by atoms with Gasteiger partial charge < -0.3 is 0 Å². The fraction of sp³-hybridized carbons (Fsp3) is 0.667. The van der Waals surface area contributed by atoms with Gasteiger partial charge in [0.2, 0.25) is 0 Å². The van der Waals surface area contributed by atoms with Crippen LogP contribution in [0.15, 0.2) is 12.2 Å². The quantitative estimate of drug-likeness (QED) is 0.444. The van der Waals surface area contributed by atoms with Gasteiger partial charge in [-0.15, -0.1) is 0 Å². The molecule has 1 atom stereocenters. The standard InChI is InChI=1S/C9H16S/c1-5-6-7(2)8(3)9(4)10/h7H,3,5-6H2,1-2,4H3. The number of hydrogen-bond acceptors (Lipinski definition) is 1. The molecule has 10 heavy (non-hydrogen) atoms. The fourth-order valence-electron chi connectivity index (χ4n) is 0.954. The third kappa shape index (κ3) is 3.11. The summed E-state index contributed by atoms with van der Waals surface area (Å²) in [6, 6.07) is 0. The van der Waals surface area contributed by atoms with Crippen molar-refractivity contribution in [3.8, 4) is 0 Å². The molecule has 0 N–H and O–H groups in total. The predicted molar refractivity (Wildman–Crippen MR) is 51.5 cm³/mol. The van der Waals surface area contributed by atoms with Gasteiger partial charge in [0.1, 0.15) is 0 Å². The van der Waals surface area contributed by atoms with Crippen molar-refractivity contribution in [3.05, 3.63) is 12.2 Å². The first-order valence-electron chi connectivity index (χ1n) is 3.79. The Balaban J connectivity index is 3.82. The molecule has 0 radical (unpaired) electrons. The Hall–Kier alpha value is -0.170. The minimum absolute atomic E-state index is 0.572. The molecule has 0 nitrogen and oxygen atoms in total. The largest absolute Gasteiger partial charge is 0.0945 e. The summed E-state index contributed by atoms with van der Waals surface area (Å²) in [5.74, 6) is 0.572. The zero-order valence-corrected chi connectivity index (χ0v) is 7.92. The molecule has 0 saturated heterocycles. The van der Waals surface area contributed by atoms with Crippen LogP contribution in [-0.2, 0) is 0 Å². The SMILES string of the molecule is C=C(C(C)=S)C(C)CCC. The molecule has 1 unspecified atom stereocenters. The summed E-state index contributed by atoms with van der Waals surface area (Å²) < 4.78 is 0. The molecule has 0 bridgehead atoms. The van der Waals surface area contributed by atoms with Gasteiger partial charge >= 0.3 is 0 Å². The van der Waals surface area contributed by atoms with E-state index >= 15 is 0 Å². The molecule has 58 valence electrons. The Kier molecular flexibility index (Phi) is 4.54. The second-order valence-corrected chi connectivity index (χ2v) is 3.38. The highest BCUT2D eigenvalue weighted by atomic mass is 32.1. The molecule has 0 fully saturated rings. The van der Waals surface area contributed by atoms with E-state index in [1.54, 1.807) is 0 Å². The van der Waals surface area contributed by atoms with Crippen molar-refractivity contribution in [3.63, 3.8) is 0 Å². The van der Waals surface area contributed by atoms with Gasteiger partial charge in [-0.1, -0.05) is 39.1 Å². The number of hydrogen-bond donors (Lipinski definition) is 0. The number of rotatable bonds is 4. The number of thiocarbonyl (C=S) groups is 1. The van der Waals surface area contributed by atoms with E-state index in [2.05, 4.69) is 20.4 Å². The van der Waals surface area contributed by atoms with Gasteiger partial charge in [-0.2, -0.15) is 0 Å². The van der Waals surface area contributed by atoms with Crippen LogP contribution in [0.1, 0.15) is 33.6 Å². The summed E-state index contributed by atoms with van der Waals surface area (Å²) in [6.07, 6.45) is 2.41. The van der Waals surface area contributed by atoms with Gasteiger partial charge in [-0.05, 0) is 24.8 Å². The van der Waals surface area contributed by atoms with E-state index in [0.29, 0.717) is 5.92 Å². The number of allylic oxidation sites excluding steroid dienone is 1. The lowest BCUT2D eigenvalue weighted by molar-refractivity contribution is 0.621. The van der Waals surface area contributed by atoms with Crippen LogP contribution in [0.2, 0.25) is 0 Å². The lowest BCUT2D eigenvalue weighted by Crippen LogP contribution is -2.03. The van der Waals surface area contributed by atoms with Crippen molar-refractivity contribution in [2.45, 2.75) is 33.6 Å². The molecule has 0 heterocycles. The highest BCUT2D eigenvalue weighted by Gasteiger charge is 2.05. The molecule has 0 aromatic carbocycles. The van der Waals surface area contributed by atoms with Crippen LogP contribution >= 0.6 is 12.2 Å². The summed E-state index contributed by atoms with van der Waals surface area (Å²) in [5.41, 5.74) is 1.14. The zero-order valence-electron chi connectivity index (χ0n) is 7.11. The van der Waals surface area contributed by atoms with Crippen LogP contribution in [0.3, 0.4) is 0 Å². The van der Waals surface area contributed by atoms with Crippen molar-refractivity contribution >= 4 is 17.1 Å². The molecule has 0 spiro atoms. The van der Waals surface area contributed by atoms with Crippen LogP contribution in [0.25, 0.3) is 0 Å². The molecule has 0 aliphatic rings. The molecule has 1 heteroatoms. The van der Waals surface area contributed by atoms with Crippen LogP contribution in [0, 0.1) is 5.92 Å². The van der Waals surface area contributed by atoms with E-state index in [4.69, 9.17) is 12.2 Å². The average Bonchev–Trinajstić information content (AvgIpc) is 1.87. The molecule has 0 aromatic heterocycles. The van der Waals surface area contributed by atoms with Gasteiger partial charge in [0.15, 0.2) is 0 Å². The lowest BCUT2D eigenvalue weighted by Gasteiger charge is -2.11. The van der Waals surface area contributed by atoms with E-state index in [9.17, 15) is 0 Å². The van der Waals surface area contributed by atoms with E-state index in [-0.39, 0.29) is 0 Å². The zero-order chi connectivity index (χ0) is 8.15. The smallest absolute Gasteiger partial charge is 0.0150 e. The maximum Gasteiger partial charge on any atom is 0.0150 e. The van der Waals surface area contributed by atoms with Crippen LogP contribution < -0.4 is 0 Å². The Morgan fingerprint density at radius 3 is 2.40 bits per heavy atom. The first-order valence-corrected chi connectivity index (χ1v) is 4.20. The molecule has 0 rings (SSSR count). The highest BCUT2D eigenvalue weighted by molar-refractivity contribution is 7.80. The van der Waals surface area contributed by atoms with Gasteiger partial charge in [-0.25, -0.2) is 0 Å². The molecular formula is C9H16S. The summed E-state index contributed by atoms with van der Waals surface area (Å²) >= 11 is 5.01. The van der Waals surface area contributed by atoms with Gasteiger partial charge in [0.25, 0.3) is 0 Å². The topological polar surface area (TPSA) is 0 Å². The van der Waals surface area contributed by atoms with Crippen molar-refractivity contribution in [1.82, 2.24) is 0 Å². The highest BCUT2D eigenvalue weighted by Crippen LogP contribution is 2.15. The van der Waals surface area contributed by atoms with Crippen molar-refractivity contribution in [2.75, 3.05) is 0 Å². The fourth-order valence-corrected chi connectivity index (χ4v) is 1.16. The van der Waals surface area contributed by atoms with Gasteiger partial charge in [-0.3, -0.25) is 0 Å². The molecule has 0 saturated carbocycles. The Bertz CT molecular complexity index is 136. The summed E-state index contributed by atoms with van der Waals surface area (Å²) in [6.45, 7) is 10.2. The third-order valence-corrected chi connectivity index (χ3v) is 2.03. The Morgan fingerprint density at radius 2 is 2.10 bits per heavy atom. The van der Waals surface area contributed by atoms with E-state index in [1.807, 2.05) is 6.92 Å². The lowest BCUT2D eigenvalue weighted by atomic mass is 9.96. The van der Waals surface area contributed by atoms with Crippen molar-refractivity contribution in [2.24, 2.45) is 5.92 Å². The Morgan fingerprint density at radius 1 is 1.60 bits per heavy atom. The van der Waals surface area contributed by atoms with E-state index in [1.165, 1.54) is 12.8 Å². The second kappa shape index (κ2) is 4.62. The molecule has 0 amide bonds. The normalized spacial score (nSPS) is 12.7. The first kappa shape index (κ1) is 9.83. The monoisotopic (exact) mass is 156 g/mol. The Labute approximate surface area is 69.3 Å².